The summed E-state index contributed by atoms with van der Waals surface area (Å²) in [6.07, 6.45) is 5.84. The highest BCUT2D eigenvalue weighted by atomic mass is 16.3. The summed E-state index contributed by atoms with van der Waals surface area (Å²) >= 11 is 0. The maximum atomic E-state index is 5.70. The van der Waals surface area contributed by atoms with Gasteiger partial charge in [-0.3, -0.25) is 4.90 Å². The van der Waals surface area contributed by atoms with Crippen molar-refractivity contribution in [3.63, 3.8) is 0 Å². The first-order valence-electron chi connectivity index (χ1n) is 8.00. The summed E-state index contributed by atoms with van der Waals surface area (Å²) in [6, 6.07) is 2.10. The van der Waals surface area contributed by atoms with Gasteiger partial charge in [0, 0.05) is 17.6 Å². The number of nitrogens with one attached hydrogen (secondary N) is 1. The predicted octanol–water partition coefficient (Wildman–Crippen LogP) is 3.79. The van der Waals surface area contributed by atoms with E-state index in [1.807, 2.05) is 6.26 Å². The highest BCUT2D eigenvalue weighted by Crippen LogP contribution is 2.22. The van der Waals surface area contributed by atoms with Crippen LogP contribution in [0.3, 0.4) is 0 Å². The fourth-order valence-electron chi connectivity index (χ4n) is 2.78. The van der Waals surface area contributed by atoms with Crippen LogP contribution in [0.1, 0.15) is 58.3 Å². The first-order chi connectivity index (χ1) is 9.48. The van der Waals surface area contributed by atoms with Crippen molar-refractivity contribution in [3.8, 4) is 0 Å². The van der Waals surface area contributed by atoms with Crippen LogP contribution in [-0.4, -0.2) is 23.5 Å². The molecule has 3 nitrogen and oxygen atoms in total. The molecule has 114 valence electrons. The third-order valence-electron chi connectivity index (χ3n) is 4.30. The molecule has 0 unspecified atom stereocenters. The summed E-state index contributed by atoms with van der Waals surface area (Å²) in [4.78, 5) is 2.53. The SMILES string of the molecule is CCC1CCN(Cc2occc2CNC(C)(C)C)CC1. The third kappa shape index (κ3) is 4.64. The van der Waals surface area contributed by atoms with Crippen LogP contribution >= 0.6 is 0 Å². The molecule has 1 aromatic rings. The molecule has 1 saturated heterocycles. The molecule has 1 aliphatic rings. The van der Waals surface area contributed by atoms with Gasteiger partial charge in [-0.05, 0) is 58.7 Å². The first kappa shape index (κ1) is 15.6. The molecule has 0 spiro atoms. The van der Waals surface area contributed by atoms with Gasteiger partial charge < -0.3 is 9.73 Å². The van der Waals surface area contributed by atoms with Gasteiger partial charge in [-0.1, -0.05) is 13.3 Å². The number of rotatable bonds is 5. The second-order valence-corrected chi connectivity index (χ2v) is 7.10. The van der Waals surface area contributed by atoms with Crippen molar-refractivity contribution >= 4 is 0 Å². The predicted molar refractivity (Wildman–Crippen MR) is 83.6 cm³/mol. The standard InChI is InChI=1S/C17H30N2O/c1-5-14-6-9-19(10-7-14)13-16-15(8-11-20-16)12-18-17(2,3)4/h8,11,14,18H,5-7,9-10,12-13H2,1-4H3. The minimum Gasteiger partial charge on any atom is -0.468 e. The Balaban J connectivity index is 1.86. The number of piperidine rings is 1. The van der Waals surface area contributed by atoms with Crippen molar-refractivity contribution < 1.29 is 4.42 Å². The van der Waals surface area contributed by atoms with E-state index in [1.165, 1.54) is 37.9 Å². The molecule has 1 aromatic heterocycles. The highest BCUT2D eigenvalue weighted by molar-refractivity contribution is 5.17. The van der Waals surface area contributed by atoms with E-state index in [0.717, 1.165) is 24.8 Å². The Morgan fingerprint density at radius 1 is 1.30 bits per heavy atom. The summed E-state index contributed by atoms with van der Waals surface area (Å²) in [6.45, 7) is 13.2. The summed E-state index contributed by atoms with van der Waals surface area (Å²) in [5.74, 6) is 2.07. The van der Waals surface area contributed by atoms with Crippen LogP contribution < -0.4 is 5.32 Å². The topological polar surface area (TPSA) is 28.4 Å². The van der Waals surface area contributed by atoms with Gasteiger partial charge in [0.25, 0.3) is 0 Å². The fraction of sp³-hybridized carbons (Fsp3) is 0.765. The van der Waals surface area contributed by atoms with Crippen LogP contribution in [0.4, 0.5) is 0 Å². The van der Waals surface area contributed by atoms with Gasteiger partial charge in [0.1, 0.15) is 5.76 Å². The van der Waals surface area contributed by atoms with Crippen molar-refractivity contribution in [2.45, 2.75) is 65.6 Å². The average Bonchev–Trinajstić information content (AvgIpc) is 2.84. The molecular formula is C17H30N2O. The van der Waals surface area contributed by atoms with Crippen LogP contribution in [0.25, 0.3) is 0 Å². The fourth-order valence-corrected chi connectivity index (χ4v) is 2.78. The van der Waals surface area contributed by atoms with Gasteiger partial charge in [0.2, 0.25) is 0 Å². The third-order valence-corrected chi connectivity index (χ3v) is 4.30. The maximum absolute atomic E-state index is 5.70. The molecule has 1 N–H and O–H groups in total. The monoisotopic (exact) mass is 278 g/mol. The molecule has 1 fully saturated rings. The Kier molecular flexibility index (Phi) is 5.28. The van der Waals surface area contributed by atoms with Crippen LogP contribution in [0, 0.1) is 5.92 Å². The molecule has 3 heteroatoms. The molecule has 0 amide bonds. The number of hydrogen-bond donors (Lipinski definition) is 1. The molecule has 0 saturated carbocycles. The van der Waals surface area contributed by atoms with E-state index in [-0.39, 0.29) is 5.54 Å². The Morgan fingerprint density at radius 2 is 2.00 bits per heavy atom. The van der Waals surface area contributed by atoms with Crippen molar-refractivity contribution in [2.24, 2.45) is 5.92 Å². The summed E-state index contributed by atoms with van der Waals surface area (Å²) < 4.78 is 5.70. The average molecular weight is 278 g/mol. The van der Waals surface area contributed by atoms with Gasteiger partial charge >= 0.3 is 0 Å². The van der Waals surface area contributed by atoms with E-state index >= 15 is 0 Å². The van der Waals surface area contributed by atoms with Crippen LogP contribution in [-0.2, 0) is 13.1 Å². The van der Waals surface area contributed by atoms with Crippen molar-refractivity contribution in [2.75, 3.05) is 13.1 Å². The zero-order valence-corrected chi connectivity index (χ0v) is 13.5. The zero-order chi connectivity index (χ0) is 14.6. The van der Waals surface area contributed by atoms with E-state index in [9.17, 15) is 0 Å². The van der Waals surface area contributed by atoms with Gasteiger partial charge in [-0.25, -0.2) is 0 Å². The maximum Gasteiger partial charge on any atom is 0.122 e. The zero-order valence-electron chi connectivity index (χ0n) is 13.5. The molecule has 0 atom stereocenters. The highest BCUT2D eigenvalue weighted by Gasteiger charge is 2.20. The Hall–Kier alpha value is -0.800. The number of furan rings is 1. The molecule has 1 aliphatic heterocycles. The quantitative estimate of drug-likeness (QED) is 0.888. The second-order valence-electron chi connectivity index (χ2n) is 7.10. The lowest BCUT2D eigenvalue weighted by Crippen LogP contribution is -2.36. The minimum atomic E-state index is 0.147. The summed E-state index contributed by atoms with van der Waals surface area (Å²) in [7, 11) is 0. The largest absolute Gasteiger partial charge is 0.468 e. The lowest BCUT2D eigenvalue weighted by molar-refractivity contribution is 0.164. The van der Waals surface area contributed by atoms with E-state index in [0.29, 0.717) is 0 Å². The van der Waals surface area contributed by atoms with Crippen molar-refractivity contribution in [1.29, 1.82) is 0 Å². The van der Waals surface area contributed by atoms with E-state index in [1.54, 1.807) is 0 Å². The smallest absolute Gasteiger partial charge is 0.122 e. The van der Waals surface area contributed by atoms with Crippen LogP contribution in [0.2, 0.25) is 0 Å². The van der Waals surface area contributed by atoms with Gasteiger partial charge in [0.05, 0.1) is 12.8 Å². The Morgan fingerprint density at radius 3 is 2.60 bits per heavy atom. The van der Waals surface area contributed by atoms with Gasteiger partial charge in [-0.15, -0.1) is 0 Å². The lowest BCUT2D eigenvalue weighted by atomic mass is 9.94. The first-order valence-corrected chi connectivity index (χ1v) is 8.00. The van der Waals surface area contributed by atoms with Crippen molar-refractivity contribution in [1.82, 2.24) is 10.2 Å². The van der Waals surface area contributed by atoms with Crippen LogP contribution in [0.15, 0.2) is 16.7 Å². The number of hydrogen-bond acceptors (Lipinski definition) is 3. The Labute approximate surface area is 123 Å². The molecule has 0 radical (unpaired) electrons. The molecule has 20 heavy (non-hydrogen) atoms. The number of nitrogens with zero attached hydrogens (tertiary/aromatic N) is 1. The lowest BCUT2D eigenvalue weighted by Gasteiger charge is -2.31. The molecule has 2 heterocycles. The van der Waals surface area contributed by atoms with E-state index in [4.69, 9.17) is 4.42 Å². The Bertz CT molecular complexity index is 397. The van der Waals surface area contributed by atoms with Gasteiger partial charge in [0.15, 0.2) is 0 Å². The van der Waals surface area contributed by atoms with E-state index in [2.05, 4.69) is 44.0 Å². The van der Waals surface area contributed by atoms with Gasteiger partial charge in [-0.2, -0.15) is 0 Å². The van der Waals surface area contributed by atoms with E-state index < -0.39 is 0 Å². The summed E-state index contributed by atoms with van der Waals surface area (Å²) in [5.41, 5.74) is 1.45. The second kappa shape index (κ2) is 6.77. The molecule has 0 aromatic carbocycles. The minimum absolute atomic E-state index is 0.147. The summed E-state index contributed by atoms with van der Waals surface area (Å²) in [5, 5.41) is 3.54. The number of likely N-dealkylation sites (tertiary alicyclic amines) is 1. The molecule has 2 rings (SSSR count). The van der Waals surface area contributed by atoms with Crippen LogP contribution in [0.5, 0.6) is 0 Å². The molecule has 0 bridgehead atoms. The molecular weight excluding hydrogens is 248 g/mol. The molecule has 0 aliphatic carbocycles. The normalized spacial score (nSPS) is 18.6. The van der Waals surface area contributed by atoms with Crippen molar-refractivity contribution in [3.05, 3.63) is 23.7 Å².